The average molecular weight is 250 g/mol. The van der Waals surface area contributed by atoms with Crippen molar-refractivity contribution in [1.29, 1.82) is 0 Å². The first kappa shape index (κ1) is 11.8. The molecule has 0 saturated carbocycles. The molecule has 2 fully saturated rings. The molecule has 0 aromatic carbocycles. The molecule has 18 heavy (non-hydrogen) atoms. The summed E-state index contributed by atoms with van der Waals surface area (Å²) >= 11 is 0. The number of rotatable bonds is 4. The van der Waals surface area contributed by atoms with E-state index in [0.717, 1.165) is 50.9 Å². The molecular formula is C14H22N2O2. The lowest BCUT2D eigenvalue weighted by atomic mass is 10.2. The fraction of sp³-hybridized carbons (Fsp3) is 0.714. The third-order valence-electron chi connectivity index (χ3n) is 3.79. The third-order valence-corrected chi connectivity index (χ3v) is 3.79. The monoisotopic (exact) mass is 250 g/mol. The van der Waals surface area contributed by atoms with Crippen LogP contribution in [0.4, 0.5) is 0 Å². The minimum Gasteiger partial charge on any atom is -0.478 e. The quantitative estimate of drug-likeness (QED) is 0.765. The van der Waals surface area contributed by atoms with Gasteiger partial charge in [-0.15, -0.1) is 0 Å². The Hall–Kier alpha value is -1.32. The van der Waals surface area contributed by atoms with Gasteiger partial charge in [-0.05, 0) is 39.5 Å². The minimum absolute atomic E-state index is 0.737. The fourth-order valence-corrected chi connectivity index (χ4v) is 3.15. The lowest BCUT2D eigenvalue weighted by Crippen LogP contribution is -2.34. The smallest absolute Gasteiger partial charge is 0.214 e. The van der Waals surface area contributed by atoms with Crippen LogP contribution in [0.2, 0.25) is 0 Å². The van der Waals surface area contributed by atoms with E-state index in [1.165, 1.54) is 24.2 Å². The zero-order valence-corrected chi connectivity index (χ0v) is 11.4. The van der Waals surface area contributed by atoms with Crippen molar-refractivity contribution in [3.63, 3.8) is 0 Å². The number of nitrogens with zero attached hydrogens (tertiary/aromatic N) is 2. The van der Waals surface area contributed by atoms with Crippen LogP contribution in [-0.4, -0.2) is 36.1 Å². The molecular weight excluding hydrogens is 228 g/mol. The topological polar surface area (TPSA) is 24.9 Å². The second-order valence-corrected chi connectivity index (χ2v) is 4.88. The first-order valence-electron chi connectivity index (χ1n) is 7.13. The predicted molar refractivity (Wildman–Crippen MR) is 69.2 cm³/mol. The van der Waals surface area contributed by atoms with E-state index < -0.39 is 0 Å². The molecule has 0 unspecified atom stereocenters. The van der Waals surface area contributed by atoms with E-state index in [1.807, 2.05) is 0 Å². The van der Waals surface area contributed by atoms with Crippen LogP contribution in [0.5, 0.6) is 0 Å². The van der Waals surface area contributed by atoms with Crippen LogP contribution in [0.1, 0.15) is 39.5 Å². The van der Waals surface area contributed by atoms with Crippen molar-refractivity contribution in [3.05, 3.63) is 23.2 Å². The molecule has 0 N–H and O–H groups in total. The molecule has 4 heteroatoms. The van der Waals surface area contributed by atoms with Gasteiger partial charge in [-0.1, -0.05) is 0 Å². The Balaban J connectivity index is 2.00. The van der Waals surface area contributed by atoms with Crippen LogP contribution < -0.4 is 0 Å². The van der Waals surface area contributed by atoms with Gasteiger partial charge in [0.25, 0.3) is 0 Å². The molecule has 0 radical (unpaired) electrons. The molecule has 0 aliphatic carbocycles. The van der Waals surface area contributed by atoms with Crippen molar-refractivity contribution in [3.8, 4) is 0 Å². The lowest BCUT2D eigenvalue weighted by Gasteiger charge is -2.36. The number of fused-ring (bicyclic) bond motifs is 2. The van der Waals surface area contributed by atoms with Gasteiger partial charge >= 0.3 is 0 Å². The molecule has 0 spiro atoms. The van der Waals surface area contributed by atoms with Gasteiger partial charge in [0.05, 0.1) is 24.6 Å². The Kier molecular flexibility index (Phi) is 3.10. The molecule has 0 amide bonds. The summed E-state index contributed by atoms with van der Waals surface area (Å²) in [6.45, 7) is 7.73. The van der Waals surface area contributed by atoms with E-state index in [0.29, 0.717) is 0 Å². The molecule has 3 rings (SSSR count). The summed E-state index contributed by atoms with van der Waals surface area (Å²) in [4.78, 5) is 4.68. The zero-order chi connectivity index (χ0) is 12.5. The Morgan fingerprint density at radius 3 is 1.67 bits per heavy atom. The van der Waals surface area contributed by atoms with Crippen molar-refractivity contribution >= 4 is 0 Å². The van der Waals surface area contributed by atoms with E-state index in [-0.39, 0.29) is 0 Å². The number of hydrogen-bond acceptors (Lipinski definition) is 4. The van der Waals surface area contributed by atoms with Gasteiger partial charge in [0.1, 0.15) is 0 Å². The van der Waals surface area contributed by atoms with Gasteiger partial charge in [0.15, 0.2) is 0 Å². The number of hydrogen-bond donors (Lipinski definition) is 0. The Morgan fingerprint density at radius 2 is 1.28 bits per heavy atom. The Labute approximate surface area is 109 Å². The standard InChI is InChI=1S/C14H22N2O2/c1-3-17-13-11-7-5-10-16(11)14(18-4-2)12-8-6-9-15(12)13/h3-10H2,1-2H3. The SMILES string of the molecule is CCOC1=C2CCCN2C(OCC)=C2CCCN21. The van der Waals surface area contributed by atoms with E-state index in [1.54, 1.807) is 0 Å². The van der Waals surface area contributed by atoms with Crippen molar-refractivity contribution in [2.75, 3.05) is 26.3 Å². The molecule has 2 saturated heterocycles. The van der Waals surface area contributed by atoms with Gasteiger partial charge < -0.3 is 19.3 Å². The van der Waals surface area contributed by atoms with Crippen LogP contribution in [0.25, 0.3) is 0 Å². The summed E-state index contributed by atoms with van der Waals surface area (Å²) in [5.41, 5.74) is 2.65. The molecule has 0 atom stereocenters. The van der Waals surface area contributed by atoms with E-state index in [2.05, 4.69) is 23.6 Å². The maximum absolute atomic E-state index is 5.91. The van der Waals surface area contributed by atoms with Gasteiger partial charge in [-0.2, -0.15) is 0 Å². The summed E-state index contributed by atoms with van der Waals surface area (Å²) in [6, 6.07) is 0. The highest BCUT2D eigenvalue weighted by atomic mass is 16.5. The van der Waals surface area contributed by atoms with Gasteiger partial charge in [0.2, 0.25) is 11.8 Å². The molecule has 3 aliphatic heterocycles. The van der Waals surface area contributed by atoms with E-state index >= 15 is 0 Å². The Bertz CT molecular complexity index is 363. The third kappa shape index (κ3) is 1.66. The highest BCUT2D eigenvalue weighted by Crippen LogP contribution is 2.42. The van der Waals surface area contributed by atoms with Gasteiger partial charge in [-0.25, -0.2) is 0 Å². The number of allylic oxidation sites excluding steroid dienone is 2. The van der Waals surface area contributed by atoms with Crippen molar-refractivity contribution in [2.45, 2.75) is 39.5 Å². The summed E-state index contributed by atoms with van der Waals surface area (Å²) < 4.78 is 11.8. The van der Waals surface area contributed by atoms with Crippen LogP contribution in [-0.2, 0) is 9.47 Å². The maximum atomic E-state index is 5.91. The normalized spacial score (nSPS) is 22.6. The summed E-state index contributed by atoms with van der Waals surface area (Å²) in [5, 5.41) is 0. The highest BCUT2D eigenvalue weighted by Gasteiger charge is 2.39. The number of ether oxygens (including phenoxy) is 2. The largest absolute Gasteiger partial charge is 0.478 e. The molecule has 3 heterocycles. The first-order valence-corrected chi connectivity index (χ1v) is 7.13. The van der Waals surface area contributed by atoms with Crippen molar-refractivity contribution in [2.24, 2.45) is 0 Å². The summed E-state index contributed by atoms with van der Waals surface area (Å²) in [6.07, 6.45) is 4.61. The second-order valence-electron chi connectivity index (χ2n) is 4.88. The first-order chi connectivity index (χ1) is 8.86. The Morgan fingerprint density at radius 1 is 0.833 bits per heavy atom. The van der Waals surface area contributed by atoms with Gasteiger partial charge in [-0.3, -0.25) is 0 Å². The van der Waals surface area contributed by atoms with Crippen LogP contribution in [0.3, 0.4) is 0 Å². The van der Waals surface area contributed by atoms with Crippen LogP contribution in [0.15, 0.2) is 23.2 Å². The van der Waals surface area contributed by atoms with Crippen molar-refractivity contribution < 1.29 is 9.47 Å². The van der Waals surface area contributed by atoms with Crippen LogP contribution in [0, 0.1) is 0 Å². The summed E-state index contributed by atoms with van der Waals surface area (Å²) in [7, 11) is 0. The van der Waals surface area contributed by atoms with E-state index in [4.69, 9.17) is 9.47 Å². The average Bonchev–Trinajstić information content (AvgIpc) is 3.01. The molecule has 0 aromatic heterocycles. The molecule has 100 valence electrons. The predicted octanol–water partition coefficient (Wildman–Crippen LogP) is 2.60. The maximum Gasteiger partial charge on any atom is 0.214 e. The zero-order valence-electron chi connectivity index (χ0n) is 11.4. The minimum atomic E-state index is 0.737. The fourth-order valence-electron chi connectivity index (χ4n) is 3.15. The van der Waals surface area contributed by atoms with Crippen molar-refractivity contribution in [1.82, 2.24) is 9.80 Å². The lowest BCUT2D eigenvalue weighted by molar-refractivity contribution is 0.0842. The molecule has 4 nitrogen and oxygen atoms in total. The summed E-state index contributed by atoms with van der Waals surface area (Å²) in [5.74, 6) is 2.18. The molecule has 0 bridgehead atoms. The highest BCUT2D eigenvalue weighted by molar-refractivity contribution is 5.30. The van der Waals surface area contributed by atoms with Gasteiger partial charge in [0, 0.05) is 13.1 Å². The molecule has 3 aliphatic rings. The van der Waals surface area contributed by atoms with E-state index in [9.17, 15) is 0 Å². The van der Waals surface area contributed by atoms with Crippen LogP contribution >= 0.6 is 0 Å². The second kappa shape index (κ2) is 4.75. The molecule has 0 aromatic rings.